The van der Waals surface area contributed by atoms with Gasteiger partial charge in [0.15, 0.2) is 0 Å². The molecule has 0 aliphatic heterocycles. The lowest BCUT2D eigenvalue weighted by molar-refractivity contribution is 0.389. The van der Waals surface area contributed by atoms with Crippen LogP contribution in [0.4, 0.5) is 8.78 Å². The summed E-state index contributed by atoms with van der Waals surface area (Å²) < 4.78 is 33.3. The molecule has 1 unspecified atom stereocenters. The van der Waals surface area contributed by atoms with E-state index < -0.39 is 0 Å². The van der Waals surface area contributed by atoms with E-state index in [-0.39, 0.29) is 17.7 Å². The highest BCUT2D eigenvalue weighted by Crippen LogP contribution is 2.30. The van der Waals surface area contributed by atoms with Crippen molar-refractivity contribution < 1.29 is 13.5 Å². The minimum Gasteiger partial charge on any atom is -0.496 e. The molecular weight excluding hydrogens is 272 g/mol. The monoisotopic (exact) mass is 291 g/mol. The summed E-state index contributed by atoms with van der Waals surface area (Å²) in [4.78, 5) is 0. The van der Waals surface area contributed by atoms with Crippen LogP contribution in [-0.2, 0) is 6.42 Å². The molecule has 1 atom stereocenters. The number of halogens is 2. The molecule has 2 aromatic rings. The van der Waals surface area contributed by atoms with Crippen molar-refractivity contribution in [1.29, 1.82) is 0 Å². The summed E-state index contributed by atoms with van der Waals surface area (Å²) in [6, 6.07) is 10.9. The van der Waals surface area contributed by atoms with E-state index in [9.17, 15) is 8.78 Å². The summed E-state index contributed by atoms with van der Waals surface area (Å²) >= 11 is 0. The average molecular weight is 291 g/mol. The fourth-order valence-electron chi connectivity index (χ4n) is 2.44. The van der Waals surface area contributed by atoms with Gasteiger partial charge in [-0.1, -0.05) is 31.2 Å². The van der Waals surface area contributed by atoms with E-state index in [1.54, 1.807) is 30.3 Å². The molecule has 0 amide bonds. The second-order valence-corrected chi connectivity index (χ2v) is 4.76. The molecule has 4 heteroatoms. The molecule has 0 radical (unpaired) electrons. The van der Waals surface area contributed by atoms with E-state index >= 15 is 0 Å². The van der Waals surface area contributed by atoms with Gasteiger partial charge in [-0.15, -0.1) is 0 Å². The van der Waals surface area contributed by atoms with E-state index in [1.165, 1.54) is 19.2 Å². The molecule has 0 fully saturated rings. The third-order valence-corrected chi connectivity index (χ3v) is 3.41. The van der Waals surface area contributed by atoms with Gasteiger partial charge in [0.05, 0.1) is 7.11 Å². The Balaban J connectivity index is 2.38. The van der Waals surface area contributed by atoms with Crippen LogP contribution in [0.2, 0.25) is 0 Å². The zero-order chi connectivity index (χ0) is 15.2. The molecule has 0 aliphatic carbocycles. The van der Waals surface area contributed by atoms with Crippen LogP contribution in [0.3, 0.4) is 0 Å². The maximum atomic E-state index is 14.2. The number of hydrogen-bond donors (Lipinski definition) is 1. The Bertz CT molecular complexity index is 601. The van der Waals surface area contributed by atoms with Crippen LogP contribution in [-0.4, -0.2) is 13.7 Å². The average Bonchev–Trinajstić information content (AvgIpc) is 2.48. The fraction of sp³-hybridized carbons (Fsp3) is 0.294. The Morgan fingerprint density at radius 1 is 1.05 bits per heavy atom. The molecule has 2 aromatic carbocycles. The van der Waals surface area contributed by atoms with Crippen molar-refractivity contribution in [3.63, 3.8) is 0 Å². The number of likely N-dealkylation sites (N-methyl/N-ethyl adjacent to an activating group) is 1. The minimum atomic E-state index is -0.350. The van der Waals surface area contributed by atoms with Crippen molar-refractivity contribution >= 4 is 0 Å². The predicted octanol–water partition coefficient (Wildman–Crippen LogP) is 3.87. The molecular formula is C17H19F2NO. The SMILES string of the molecule is CCNC(Cc1ccccc1F)c1c(F)cccc1OC. The van der Waals surface area contributed by atoms with Gasteiger partial charge < -0.3 is 10.1 Å². The van der Waals surface area contributed by atoms with Gasteiger partial charge in [-0.05, 0) is 36.7 Å². The van der Waals surface area contributed by atoms with E-state index in [1.807, 2.05) is 6.92 Å². The van der Waals surface area contributed by atoms with E-state index in [2.05, 4.69) is 5.32 Å². The van der Waals surface area contributed by atoms with Gasteiger partial charge in [0.2, 0.25) is 0 Å². The van der Waals surface area contributed by atoms with Crippen LogP contribution in [0.15, 0.2) is 42.5 Å². The molecule has 0 bridgehead atoms. The Labute approximate surface area is 123 Å². The summed E-state index contributed by atoms with van der Waals surface area (Å²) in [5, 5.41) is 3.20. The van der Waals surface area contributed by atoms with Gasteiger partial charge in [0, 0.05) is 11.6 Å². The zero-order valence-electron chi connectivity index (χ0n) is 12.2. The van der Waals surface area contributed by atoms with Crippen molar-refractivity contribution in [2.45, 2.75) is 19.4 Å². The van der Waals surface area contributed by atoms with Crippen LogP contribution in [0.25, 0.3) is 0 Å². The molecule has 0 saturated heterocycles. The van der Waals surface area contributed by atoms with E-state index in [4.69, 9.17) is 4.74 Å². The van der Waals surface area contributed by atoms with Crippen LogP contribution >= 0.6 is 0 Å². The van der Waals surface area contributed by atoms with Crippen LogP contribution < -0.4 is 10.1 Å². The summed E-state index contributed by atoms with van der Waals surface area (Å²) in [5.74, 6) is -0.162. The van der Waals surface area contributed by atoms with Crippen LogP contribution in [0, 0.1) is 11.6 Å². The van der Waals surface area contributed by atoms with Crippen molar-refractivity contribution in [2.24, 2.45) is 0 Å². The van der Waals surface area contributed by atoms with Gasteiger partial charge in [-0.2, -0.15) is 0 Å². The van der Waals surface area contributed by atoms with Gasteiger partial charge in [-0.3, -0.25) is 0 Å². The number of rotatable bonds is 6. The highest BCUT2D eigenvalue weighted by atomic mass is 19.1. The summed E-state index contributed by atoms with van der Waals surface area (Å²) in [6.07, 6.45) is 0.359. The summed E-state index contributed by atoms with van der Waals surface area (Å²) in [6.45, 7) is 2.58. The molecule has 0 spiro atoms. The van der Waals surface area contributed by atoms with Crippen molar-refractivity contribution in [3.8, 4) is 5.75 Å². The van der Waals surface area contributed by atoms with Crippen LogP contribution in [0.5, 0.6) is 5.75 Å². The third kappa shape index (κ3) is 3.58. The Morgan fingerprint density at radius 2 is 1.76 bits per heavy atom. The lowest BCUT2D eigenvalue weighted by atomic mass is 9.97. The van der Waals surface area contributed by atoms with Crippen molar-refractivity contribution in [1.82, 2.24) is 5.32 Å². The number of nitrogens with one attached hydrogen (secondary N) is 1. The van der Waals surface area contributed by atoms with E-state index in [0.717, 1.165) is 0 Å². The Kier molecular flexibility index (Phi) is 5.28. The second-order valence-electron chi connectivity index (χ2n) is 4.76. The first-order valence-electron chi connectivity index (χ1n) is 6.96. The van der Waals surface area contributed by atoms with Gasteiger partial charge in [0.25, 0.3) is 0 Å². The first kappa shape index (κ1) is 15.4. The number of methoxy groups -OCH3 is 1. The summed E-state index contributed by atoms with van der Waals surface area (Å²) in [7, 11) is 1.50. The standard InChI is InChI=1S/C17H19F2NO/c1-3-20-15(11-12-7-4-5-8-13(12)18)17-14(19)9-6-10-16(17)21-2/h4-10,15,20H,3,11H2,1-2H3. The van der Waals surface area contributed by atoms with Gasteiger partial charge >= 0.3 is 0 Å². The lowest BCUT2D eigenvalue weighted by Crippen LogP contribution is -2.25. The quantitative estimate of drug-likeness (QED) is 0.872. The minimum absolute atomic E-state index is 0.282. The molecule has 2 rings (SSSR count). The first-order chi connectivity index (χ1) is 10.2. The molecule has 112 valence electrons. The Morgan fingerprint density at radius 3 is 2.43 bits per heavy atom. The highest BCUT2D eigenvalue weighted by molar-refractivity contribution is 5.38. The van der Waals surface area contributed by atoms with Crippen molar-refractivity contribution in [2.75, 3.05) is 13.7 Å². The van der Waals surface area contributed by atoms with Crippen LogP contribution in [0.1, 0.15) is 24.1 Å². The molecule has 1 N–H and O–H groups in total. The molecule has 0 saturated carbocycles. The maximum Gasteiger partial charge on any atom is 0.131 e. The first-order valence-corrected chi connectivity index (χ1v) is 6.96. The maximum absolute atomic E-state index is 14.2. The van der Waals surface area contributed by atoms with E-state index in [0.29, 0.717) is 29.8 Å². The zero-order valence-corrected chi connectivity index (χ0v) is 12.2. The smallest absolute Gasteiger partial charge is 0.131 e. The number of hydrogen-bond acceptors (Lipinski definition) is 2. The predicted molar refractivity (Wildman–Crippen MR) is 79.5 cm³/mol. The molecule has 2 nitrogen and oxygen atoms in total. The molecule has 0 aromatic heterocycles. The highest BCUT2D eigenvalue weighted by Gasteiger charge is 2.21. The normalized spacial score (nSPS) is 12.2. The van der Waals surface area contributed by atoms with Gasteiger partial charge in [0.1, 0.15) is 17.4 Å². The summed E-state index contributed by atoms with van der Waals surface area (Å²) in [5.41, 5.74) is 0.985. The van der Waals surface area contributed by atoms with Gasteiger partial charge in [-0.25, -0.2) is 8.78 Å². The van der Waals surface area contributed by atoms with Crippen molar-refractivity contribution in [3.05, 3.63) is 65.2 Å². The molecule has 21 heavy (non-hydrogen) atoms. The topological polar surface area (TPSA) is 21.3 Å². The molecule has 0 aliphatic rings. The number of ether oxygens (including phenoxy) is 1. The third-order valence-electron chi connectivity index (χ3n) is 3.41. The second kappa shape index (κ2) is 7.18. The fourth-order valence-corrected chi connectivity index (χ4v) is 2.44. The largest absolute Gasteiger partial charge is 0.496 e. The Hall–Kier alpha value is -1.94. The number of benzene rings is 2. The molecule has 0 heterocycles. The lowest BCUT2D eigenvalue weighted by Gasteiger charge is -2.21.